The molecule has 4 heteroatoms. The van der Waals surface area contributed by atoms with Crippen LogP contribution in [0, 0.1) is 20.8 Å². The first-order chi connectivity index (χ1) is 11.0. The zero-order valence-electron chi connectivity index (χ0n) is 13.9. The Morgan fingerprint density at radius 3 is 2.57 bits per heavy atom. The second-order valence-corrected chi connectivity index (χ2v) is 6.29. The molecule has 0 heterocycles. The minimum atomic E-state index is 0.0277. The quantitative estimate of drug-likeness (QED) is 0.825. The van der Waals surface area contributed by atoms with Gasteiger partial charge in [0.25, 0.3) is 0 Å². The molecule has 1 amide bonds. The average Bonchev–Trinajstić information content (AvgIpc) is 2.48. The van der Waals surface area contributed by atoms with Crippen LogP contribution in [0.15, 0.2) is 36.4 Å². The molecule has 0 saturated carbocycles. The van der Waals surface area contributed by atoms with Gasteiger partial charge in [0.1, 0.15) is 0 Å². The molecular weight excluding hydrogens is 308 g/mol. The molecule has 0 aromatic heterocycles. The summed E-state index contributed by atoms with van der Waals surface area (Å²) < 4.78 is 0. The molecule has 122 valence electrons. The van der Waals surface area contributed by atoms with Crippen molar-refractivity contribution in [1.29, 1.82) is 0 Å². The molecule has 0 bridgehead atoms. The number of amides is 1. The van der Waals surface area contributed by atoms with Gasteiger partial charge in [-0.3, -0.25) is 4.79 Å². The molecule has 0 spiro atoms. The fourth-order valence-electron chi connectivity index (χ4n) is 2.55. The molecule has 2 aromatic rings. The predicted octanol–water partition coefficient (Wildman–Crippen LogP) is 4.38. The Hall–Kier alpha value is -2.00. The van der Waals surface area contributed by atoms with Crippen LogP contribution in [0.4, 0.5) is 5.69 Å². The van der Waals surface area contributed by atoms with Crippen LogP contribution in [0.25, 0.3) is 0 Å². The lowest BCUT2D eigenvalue weighted by Crippen LogP contribution is -2.25. The highest BCUT2D eigenvalue weighted by Gasteiger charge is 2.06. The number of rotatable bonds is 6. The Balaban J connectivity index is 1.79. The Labute approximate surface area is 143 Å². The van der Waals surface area contributed by atoms with Crippen LogP contribution in [-0.2, 0) is 11.3 Å². The Morgan fingerprint density at radius 2 is 1.87 bits per heavy atom. The number of anilines is 1. The van der Waals surface area contributed by atoms with E-state index in [0.29, 0.717) is 24.5 Å². The van der Waals surface area contributed by atoms with Crippen molar-refractivity contribution in [2.75, 3.05) is 11.9 Å². The molecule has 0 radical (unpaired) electrons. The van der Waals surface area contributed by atoms with Gasteiger partial charge in [0, 0.05) is 19.5 Å². The lowest BCUT2D eigenvalue weighted by atomic mass is 10.1. The molecule has 0 atom stereocenters. The number of carbonyl (C=O) groups excluding carboxylic acids is 1. The van der Waals surface area contributed by atoms with E-state index >= 15 is 0 Å². The van der Waals surface area contributed by atoms with Crippen molar-refractivity contribution < 1.29 is 4.79 Å². The second kappa shape index (κ2) is 8.02. The molecule has 3 nitrogen and oxygen atoms in total. The lowest BCUT2D eigenvalue weighted by molar-refractivity contribution is -0.121. The van der Waals surface area contributed by atoms with Crippen molar-refractivity contribution in [3.05, 3.63) is 63.7 Å². The van der Waals surface area contributed by atoms with E-state index in [0.717, 1.165) is 22.4 Å². The van der Waals surface area contributed by atoms with E-state index < -0.39 is 0 Å². The zero-order chi connectivity index (χ0) is 16.8. The predicted molar refractivity (Wildman–Crippen MR) is 97.1 cm³/mol. The van der Waals surface area contributed by atoms with E-state index in [1.165, 1.54) is 5.56 Å². The fraction of sp³-hybridized carbons (Fsp3) is 0.316. The second-order valence-electron chi connectivity index (χ2n) is 5.88. The first-order valence-electron chi connectivity index (χ1n) is 7.78. The van der Waals surface area contributed by atoms with Gasteiger partial charge in [-0.2, -0.15) is 0 Å². The van der Waals surface area contributed by atoms with Gasteiger partial charge in [0.05, 0.1) is 10.7 Å². The summed E-state index contributed by atoms with van der Waals surface area (Å²) in [6, 6.07) is 12.1. The van der Waals surface area contributed by atoms with Gasteiger partial charge in [-0.1, -0.05) is 47.5 Å². The van der Waals surface area contributed by atoms with Crippen LogP contribution in [0.5, 0.6) is 0 Å². The molecule has 2 rings (SSSR count). The number of hydrogen-bond acceptors (Lipinski definition) is 2. The highest BCUT2D eigenvalue weighted by Crippen LogP contribution is 2.27. The molecule has 0 fully saturated rings. The Bertz CT molecular complexity index is 675. The van der Waals surface area contributed by atoms with Gasteiger partial charge in [-0.05, 0) is 43.5 Å². The third-order valence-electron chi connectivity index (χ3n) is 3.66. The summed E-state index contributed by atoms with van der Waals surface area (Å²) in [6.45, 7) is 7.19. The van der Waals surface area contributed by atoms with Crippen molar-refractivity contribution in [1.82, 2.24) is 5.32 Å². The monoisotopic (exact) mass is 330 g/mol. The van der Waals surface area contributed by atoms with Crippen molar-refractivity contribution in [3.63, 3.8) is 0 Å². The topological polar surface area (TPSA) is 41.1 Å². The van der Waals surface area contributed by atoms with E-state index in [2.05, 4.69) is 22.8 Å². The van der Waals surface area contributed by atoms with Crippen LogP contribution in [0.2, 0.25) is 5.02 Å². The minimum Gasteiger partial charge on any atom is -0.383 e. The summed E-state index contributed by atoms with van der Waals surface area (Å²) in [5.41, 5.74) is 5.44. The summed E-state index contributed by atoms with van der Waals surface area (Å²) in [5, 5.41) is 6.89. The maximum absolute atomic E-state index is 11.9. The molecule has 0 aliphatic carbocycles. The van der Waals surface area contributed by atoms with E-state index in [4.69, 9.17) is 11.6 Å². The van der Waals surface area contributed by atoms with Crippen LogP contribution in [-0.4, -0.2) is 12.5 Å². The SMILES string of the molecule is Cc1cccc(CNC(=O)CCNc2c(C)cc(C)cc2Cl)c1. The largest absolute Gasteiger partial charge is 0.383 e. The normalized spacial score (nSPS) is 10.4. The maximum Gasteiger partial charge on any atom is 0.222 e. The summed E-state index contributed by atoms with van der Waals surface area (Å²) in [4.78, 5) is 11.9. The van der Waals surface area contributed by atoms with Crippen LogP contribution < -0.4 is 10.6 Å². The number of benzene rings is 2. The van der Waals surface area contributed by atoms with Gasteiger partial charge < -0.3 is 10.6 Å². The molecular formula is C19H23ClN2O. The van der Waals surface area contributed by atoms with Crippen molar-refractivity contribution in [2.24, 2.45) is 0 Å². The molecule has 2 aromatic carbocycles. The highest BCUT2D eigenvalue weighted by molar-refractivity contribution is 6.33. The smallest absolute Gasteiger partial charge is 0.222 e. The summed E-state index contributed by atoms with van der Waals surface area (Å²) >= 11 is 6.24. The minimum absolute atomic E-state index is 0.0277. The van der Waals surface area contributed by atoms with Gasteiger partial charge in [-0.15, -0.1) is 0 Å². The zero-order valence-corrected chi connectivity index (χ0v) is 14.6. The first-order valence-corrected chi connectivity index (χ1v) is 8.16. The van der Waals surface area contributed by atoms with Gasteiger partial charge in [0.15, 0.2) is 0 Å². The lowest BCUT2D eigenvalue weighted by Gasteiger charge is -2.12. The first kappa shape index (κ1) is 17.4. The van der Waals surface area contributed by atoms with Gasteiger partial charge in [0.2, 0.25) is 5.91 Å². The number of aryl methyl sites for hydroxylation is 3. The van der Waals surface area contributed by atoms with Gasteiger partial charge in [-0.25, -0.2) is 0 Å². The van der Waals surface area contributed by atoms with Crippen molar-refractivity contribution in [2.45, 2.75) is 33.7 Å². The van der Waals surface area contributed by atoms with Crippen LogP contribution in [0.3, 0.4) is 0 Å². The van der Waals surface area contributed by atoms with E-state index in [9.17, 15) is 4.79 Å². The van der Waals surface area contributed by atoms with Crippen LogP contribution >= 0.6 is 11.6 Å². The third kappa shape index (κ3) is 5.29. The van der Waals surface area contributed by atoms with E-state index in [1.807, 2.05) is 45.0 Å². The summed E-state index contributed by atoms with van der Waals surface area (Å²) in [7, 11) is 0. The molecule has 2 N–H and O–H groups in total. The van der Waals surface area contributed by atoms with Crippen molar-refractivity contribution >= 4 is 23.2 Å². The summed E-state index contributed by atoms with van der Waals surface area (Å²) in [6.07, 6.45) is 0.412. The fourth-order valence-corrected chi connectivity index (χ4v) is 2.94. The third-order valence-corrected chi connectivity index (χ3v) is 3.96. The maximum atomic E-state index is 11.9. The Kier molecular flexibility index (Phi) is 6.05. The number of carbonyl (C=O) groups is 1. The number of halogens is 1. The number of hydrogen-bond donors (Lipinski definition) is 2. The van der Waals surface area contributed by atoms with E-state index in [1.54, 1.807) is 0 Å². The van der Waals surface area contributed by atoms with E-state index in [-0.39, 0.29) is 5.91 Å². The molecule has 0 saturated heterocycles. The van der Waals surface area contributed by atoms with Crippen LogP contribution in [0.1, 0.15) is 28.7 Å². The average molecular weight is 331 g/mol. The highest BCUT2D eigenvalue weighted by atomic mass is 35.5. The van der Waals surface area contributed by atoms with Crippen molar-refractivity contribution in [3.8, 4) is 0 Å². The Morgan fingerprint density at radius 1 is 1.09 bits per heavy atom. The van der Waals surface area contributed by atoms with Gasteiger partial charge >= 0.3 is 0 Å². The standard InChI is InChI=1S/C19H23ClN2O/c1-13-5-4-6-16(10-13)12-22-18(23)7-8-21-19-15(3)9-14(2)11-17(19)20/h4-6,9-11,21H,7-8,12H2,1-3H3,(H,22,23). The number of nitrogens with one attached hydrogen (secondary N) is 2. The molecule has 0 aliphatic heterocycles. The summed E-state index contributed by atoms with van der Waals surface area (Å²) in [5.74, 6) is 0.0277. The molecule has 23 heavy (non-hydrogen) atoms. The molecule has 0 aliphatic rings. The molecule has 0 unspecified atom stereocenters.